The second-order valence-electron chi connectivity index (χ2n) is 8.26. The van der Waals surface area contributed by atoms with Crippen molar-refractivity contribution in [2.45, 2.75) is 44.7 Å². The number of amides is 2. The first kappa shape index (κ1) is 21.0. The van der Waals surface area contributed by atoms with Crippen LogP contribution in [0.25, 0.3) is 0 Å². The zero-order valence-corrected chi connectivity index (χ0v) is 18.2. The van der Waals surface area contributed by atoms with E-state index in [1.54, 1.807) is 11.3 Å². The van der Waals surface area contributed by atoms with Gasteiger partial charge in [0, 0.05) is 50.0 Å². The first-order valence-electron chi connectivity index (χ1n) is 10.9. The number of fused-ring (bicyclic) bond motifs is 1. The third kappa shape index (κ3) is 5.08. The summed E-state index contributed by atoms with van der Waals surface area (Å²) in [6.07, 6.45) is 8.80. The van der Waals surface area contributed by atoms with E-state index in [9.17, 15) is 9.59 Å². The average Bonchev–Trinajstić information content (AvgIpc) is 3.31. The Hall–Kier alpha value is -2.25. The van der Waals surface area contributed by atoms with Gasteiger partial charge in [-0.3, -0.25) is 19.5 Å². The van der Waals surface area contributed by atoms with Crippen LogP contribution in [0.3, 0.4) is 0 Å². The minimum atomic E-state index is -0.0866. The maximum atomic E-state index is 13.0. The Balaban J connectivity index is 1.58. The Morgan fingerprint density at radius 1 is 1.13 bits per heavy atom. The van der Waals surface area contributed by atoms with E-state index in [0.717, 1.165) is 50.9 Å². The lowest BCUT2D eigenvalue weighted by Crippen LogP contribution is -2.57. The van der Waals surface area contributed by atoms with E-state index in [-0.39, 0.29) is 23.8 Å². The number of piperidine rings is 1. The molecule has 0 spiro atoms. The quantitative estimate of drug-likeness (QED) is 0.819. The minimum Gasteiger partial charge on any atom is -0.356 e. The number of hydrogen-bond donors (Lipinski definition) is 1. The van der Waals surface area contributed by atoms with E-state index in [1.165, 1.54) is 5.56 Å². The molecular formula is C23H30N4O2S. The standard InChI is InChI=1S/C23H30N4O2S/c28-22-20-7-13-27(23(29)19-8-14-30-17-19)16-21(20)26(12-4-2-1-3-9-25-22)15-18-5-10-24-11-6-18/h5-6,8,10-11,14,17,20-21H,1-4,7,9,12-13,15-16H2,(H,25,28). The highest BCUT2D eigenvalue weighted by atomic mass is 32.1. The van der Waals surface area contributed by atoms with Crippen LogP contribution in [-0.4, -0.2) is 58.8 Å². The van der Waals surface area contributed by atoms with Crippen LogP contribution in [-0.2, 0) is 11.3 Å². The lowest BCUT2D eigenvalue weighted by atomic mass is 9.88. The molecule has 7 heteroatoms. The second-order valence-corrected chi connectivity index (χ2v) is 9.04. The summed E-state index contributed by atoms with van der Waals surface area (Å²) < 4.78 is 0. The number of carbonyl (C=O) groups is 2. The van der Waals surface area contributed by atoms with Crippen molar-refractivity contribution in [2.75, 3.05) is 26.2 Å². The van der Waals surface area contributed by atoms with Gasteiger partial charge in [-0.05, 0) is 54.9 Å². The largest absolute Gasteiger partial charge is 0.356 e. The van der Waals surface area contributed by atoms with Crippen molar-refractivity contribution in [2.24, 2.45) is 5.92 Å². The number of carbonyl (C=O) groups excluding carboxylic acids is 2. The molecule has 2 amide bonds. The molecule has 0 radical (unpaired) electrons. The molecule has 2 aromatic rings. The monoisotopic (exact) mass is 426 g/mol. The van der Waals surface area contributed by atoms with Crippen molar-refractivity contribution in [3.8, 4) is 0 Å². The van der Waals surface area contributed by atoms with Crippen LogP contribution >= 0.6 is 11.3 Å². The van der Waals surface area contributed by atoms with Gasteiger partial charge in [0.25, 0.3) is 5.91 Å². The Morgan fingerprint density at radius 3 is 2.77 bits per heavy atom. The molecular weight excluding hydrogens is 396 g/mol. The molecule has 2 unspecified atom stereocenters. The fourth-order valence-electron chi connectivity index (χ4n) is 4.58. The van der Waals surface area contributed by atoms with Gasteiger partial charge >= 0.3 is 0 Å². The van der Waals surface area contributed by atoms with Crippen LogP contribution in [0.2, 0.25) is 0 Å². The molecule has 2 aromatic heterocycles. The number of pyridine rings is 1. The first-order valence-corrected chi connectivity index (χ1v) is 11.9. The summed E-state index contributed by atoms with van der Waals surface area (Å²) in [5.74, 6) is 0.133. The topological polar surface area (TPSA) is 65.5 Å². The van der Waals surface area contributed by atoms with Crippen molar-refractivity contribution in [1.29, 1.82) is 0 Å². The number of nitrogens with one attached hydrogen (secondary N) is 1. The highest BCUT2D eigenvalue weighted by Crippen LogP contribution is 2.27. The van der Waals surface area contributed by atoms with E-state index >= 15 is 0 Å². The molecule has 1 N–H and O–H groups in total. The SMILES string of the molecule is O=C1NCCCCCCN(Cc2ccncc2)C2CN(C(=O)c3ccsc3)CCC12. The van der Waals surface area contributed by atoms with E-state index in [1.807, 2.05) is 46.3 Å². The molecule has 30 heavy (non-hydrogen) atoms. The Morgan fingerprint density at radius 2 is 1.97 bits per heavy atom. The molecule has 0 aromatic carbocycles. The third-order valence-corrected chi connectivity index (χ3v) is 6.93. The lowest BCUT2D eigenvalue weighted by Gasteiger charge is -2.43. The minimum absolute atomic E-state index is 0.0209. The zero-order chi connectivity index (χ0) is 20.8. The molecule has 2 atom stereocenters. The van der Waals surface area contributed by atoms with Gasteiger partial charge in [-0.1, -0.05) is 12.8 Å². The highest BCUT2D eigenvalue weighted by Gasteiger charge is 2.39. The van der Waals surface area contributed by atoms with Gasteiger partial charge in [0.15, 0.2) is 0 Å². The summed E-state index contributed by atoms with van der Waals surface area (Å²) in [7, 11) is 0. The van der Waals surface area contributed by atoms with Gasteiger partial charge in [0.1, 0.15) is 0 Å². The van der Waals surface area contributed by atoms with E-state index in [2.05, 4.69) is 15.2 Å². The third-order valence-electron chi connectivity index (χ3n) is 6.25. The van der Waals surface area contributed by atoms with E-state index in [0.29, 0.717) is 19.5 Å². The van der Waals surface area contributed by atoms with Crippen LogP contribution in [0.1, 0.15) is 48.0 Å². The predicted molar refractivity (Wildman–Crippen MR) is 118 cm³/mol. The van der Waals surface area contributed by atoms with Crippen LogP contribution in [0.15, 0.2) is 41.4 Å². The number of hydrogen-bond acceptors (Lipinski definition) is 5. The normalized spacial score (nSPS) is 23.9. The summed E-state index contributed by atoms with van der Waals surface area (Å²) >= 11 is 1.54. The van der Waals surface area contributed by atoms with E-state index in [4.69, 9.17) is 0 Å². The Kier molecular flexibility index (Phi) is 7.12. The summed E-state index contributed by atoms with van der Waals surface area (Å²) in [5, 5.41) is 7.01. The Bertz CT molecular complexity index is 827. The van der Waals surface area contributed by atoms with Crippen molar-refractivity contribution >= 4 is 23.2 Å². The number of nitrogens with zero attached hydrogens (tertiary/aromatic N) is 3. The van der Waals surface area contributed by atoms with Crippen molar-refractivity contribution in [1.82, 2.24) is 20.1 Å². The van der Waals surface area contributed by atoms with Crippen LogP contribution in [0, 0.1) is 5.92 Å². The van der Waals surface area contributed by atoms with Gasteiger partial charge in [0.05, 0.1) is 11.5 Å². The molecule has 0 aliphatic carbocycles. The smallest absolute Gasteiger partial charge is 0.254 e. The molecule has 4 rings (SSSR count). The Labute approximate surface area is 182 Å². The zero-order valence-electron chi connectivity index (χ0n) is 17.3. The molecule has 4 heterocycles. The number of rotatable bonds is 3. The van der Waals surface area contributed by atoms with Gasteiger partial charge in [0.2, 0.25) is 5.91 Å². The van der Waals surface area contributed by atoms with E-state index < -0.39 is 0 Å². The van der Waals surface area contributed by atoms with Gasteiger partial charge in [-0.25, -0.2) is 0 Å². The molecule has 0 bridgehead atoms. The fraction of sp³-hybridized carbons (Fsp3) is 0.522. The summed E-state index contributed by atoms with van der Waals surface area (Å²) in [5.41, 5.74) is 1.94. The molecule has 2 saturated heterocycles. The number of aromatic nitrogens is 1. The molecule has 0 saturated carbocycles. The summed E-state index contributed by atoms with van der Waals surface area (Å²) in [6, 6.07) is 5.99. The molecule has 6 nitrogen and oxygen atoms in total. The van der Waals surface area contributed by atoms with Crippen molar-refractivity contribution < 1.29 is 9.59 Å². The van der Waals surface area contributed by atoms with Crippen molar-refractivity contribution in [3.05, 3.63) is 52.5 Å². The summed E-state index contributed by atoms with van der Waals surface area (Å²) in [6.45, 7) is 3.70. The molecule has 2 aliphatic rings. The van der Waals surface area contributed by atoms with Crippen LogP contribution in [0.5, 0.6) is 0 Å². The second kappa shape index (κ2) is 10.2. The van der Waals surface area contributed by atoms with Gasteiger partial charge < -0.3 is 10.2 Å². The van der Waals surface area contributed by atoms with Gasteiger partial charge in [-0.15, -0.1) is 0 Å². The highest BCUT2D eigenvalue weighted by molar-refractivity contribution is 7.08. The van der Waals surface area contributed by atoms with Crippen LogP contribution < -0.4 is 5.32 Å². The maximum Gasteiger partial charge on any atom is 0.254 e. The molecule has 2 fully saturated rings. The average molecular weight is 427 g/mol. The molecule has 160 valence electrons. The van der Waals surface area contributed by atoms with Crippen molar-refractivity contribution in [3.63, 3.8) is 0 Å². The number of likely N-dealkylation sites (tertiary alicyclic amines) is 1. The maximum absolute atomic E-state index is 13.0. The summed E-state index contributed by atoms with van der Waals surface area (Å²) in [4.78, 5) is 34.6. The van der Waals surface area contributed by atoms with Gasteiger partial charge in [-0.2, -0.15) is 11.3 Å². The fourth-order valence-corrected chi connectivity index (χ4v) is 5.21. The predicted octanol–water partition coefficient (Wildman–Crippen LogP) is 3.17. The molecule has 2 aliphatic heterocycles. The first-order chi connectivity index (χ1) is 14.7. The lowest BCUT2D eigenvalue weighted by molar-refractivity contribution is -0.129. The number of thiophene rings is 1. The van der Waals surface area contributed by atoms with Crippen LogP contribution in [0.4, 0.5) is 0 Å².